The van der Waals surface area contributed by atoms with Crippen molar-refractivity contribution < 1.29 is 0 Å². The molecule has 0 atom stereocenters. The number of aromatic nitrogens is 3. The minimum absolute atomic E-state index is 0.394. The van der Waals surface area contributed by atoms with Crippen molar-refractivity contribution in [2.75, 3.05) is 5.73 Å². The van der Waals surface area contributed by atoms with Crippen LogP contribution in [0.1, 0.15) is 0 Å². The van der Waals surface area contributed by atoms with E-state index in [2.05, 4.69) is 30.9 Å². The Labute approximate surface area is 71.0 Å². The van der Waals surface area contributed by atoms with E-state index in [1.807, 2.05) is 6.07 Å². The SMILES string of the molecule is Nc1nc2cc(Br)cnc2[nH]1. The van der Waals surface area contributed by atoms with Crippen LogP contribution in [0.2, 0.25) is 0 Å². The summed E-state index contributed by atoms with van der Waals surface area (Å²) in [6, 6.07) is 1.86. The molecular weight excluding hydrogens is 208 g/mol. The van der Waals surface area contributed by atoms with Crippen LogP contribution in [-0.2, 0) is 0 Å². The monoisotopic (exact) mass is 212 g/mol. The van der Waals surface area contributed by atoms with E-state index in [0.29, 0.717) is 11.6 Å². The third-order valence-electron chi connectivity index (χ3n) is 1.32. The molecule has 0 aromatic carbocycles. The lowest BCUT2D eigenvalue weighted by molar-refractivity contribution is 1.31. The molecule has 0 saturated heterocycles. The third kappa shape index (κ3) is 1.07. The molecule has 2 aromatic rings. The van der Waals surface area contributed by atoms with Gasteiger partial charge in [0.1, 0.15) is 5.52 Å². The molecule has 5 heteroatoms. The van der Waals surface area contributed by atoms with E-state index >= 15 is 0 Å². The number of hydrogen-bond donors (Lipinski definition) is 2. The van der Waals surface area contributed by atoms with Crippen molar-refractivity contribution in [2.24, 2.45) is 0 Å². The number of nitrogens with zero attached hydrogens (tertiary/aromatic N) is 2. The maximum absolute atomic E-state index is 5.42. The number of halogens is 1. The van der Waals surface area contributed by atoms with Crippen molar-refractivity contribution in [1.29, 1.82) is 0 Å². The second-order valence-corrected chi connectivity index (χ2v) is 3.06. The largest absolute Gasteiger partial charge is 0.369 e. The smallest absolute Gasteiger partial charge is 0.199 e. The summed E-state index contributed by atoms with van der Waals surface area (Å²) in [4.78, 5) is 10.9. The zero-order valence-electron chi connectivity index (χ0n) is 5.50. The number of aromatic amines is 1. The molecular formula is C6H5BrN4. The molecule has 0 fully saturated rings. The predicted molar refractivity (Wildman–Crippen MR) is 46.0 cm³/mol. The number of imidazole rings is 1. The van der Waals surface area contributed by atoms with Crippen molar-refractivity contribution in [3.05, 3.63) is 16.7 Å². The Kier molecular flexibility index (Phi) is 1.32. The topological polar surface area (TPSA) is 67.6 Å². The van der Waals surface area contributed by atoms with E-state index in [9.17, 15) is 0 Å². The summed E-state index contributed by atoms with van der Waals surface area (Å²) in [5.41, 5.74) is 6.91. The molecule has 3 N–H and O–H groups in total. The Morgan fingerprint density at radius 1 is 1.55 bits per heavy atom. The lowest BCUT2D eigenvalue weighted by Gasteiger charge is -1.86. The van der Waals surface area contributed by atoms with Crippen LogP contribution in [0.4, 0.5) is 5.95 Å². The standard InChI is InChI=1S/C6H5BrN4/c7-3-1-4-5(9-2-3)11-6(8)10-4/h1-2H,(H3,8,9,10,11). The molecule has 0 saturated carbocycles. The normalized spacial score (nSPS) is 10.6. The molecule has 0 unspecified atom stereocenters. The van der Waals surface area contributed by atoms with Gasteiger partial charge in [-0.3, -0.25) is 0 Å². The summed E-state index contributed by atoms with van der Waals surface area (Å²) in [6.45, 7) is 0. The van der Waals surface area contributed by atoms with Gasteiger partial charge in [-0.15, -0.1) is 0 Å². The average Bonchev–Trinajstić information content (AvgIpc) is 2.27. The van der Waals surface area contributed by atoms with E-state index in [1.165, 1.54) is 0 Å². The first kappa shape index (κ1) is 6.60. The molecule has 0 aliphatic rings. The van der Waals surface area contributed by atoms with E-state index < -0.39 is 0 Å². The van der Waals surface area contributed by atoms with Gasteiger partial charge in [0.2, 0.25) is 0 Å². The highest BCUT2D eigenvalue weighted by atomic mass is 79.9. The number of fused-ring (bicyclic) bond motifs is 1. The number of rotatable bonds is 0. The van der Waals surface area contributed by atoms with Crippen LogP contribution in [-0.4, -0.2) is 15.0 Å². The van der Waals surface area contributed by atoms with E-state index in [4.69, 9.17) is 5.73 Å². The maximum atomic E-state index is 5.42. The van der Waals surface area contributed by atoms with Crippen LogP contribution in [0, 0.1) is 0 Å². The Morgan fingerprint density at radius 3 is 3.18 bits per heavy atom. The third-order valence-corrected chi connectivity index (χ3v) is 1.76. The van der Waals surface area contributed by atoms with Crippen LogP contribution >= 0.6 is 15.9 Å². The Hall–Kier alpha value is -1.10. The molecule has 2 rings (SSSR count). The molecule has 0 aliphatic carbocycles. The fraction of sp³-hybridized carbons (Fsp3) is 0. The molecule has 2 heterocycles. The molecule has 0 spiro atoms. The van der Waals surface area contributed by atoms with Crippen LogP contribution in [0.15, 0.2) is 16.7 Å². The first-order chi connectivity index (χ1) is 5.25. The zero-order chi connectivity index (χ0) is 7.84. The molecule has 0 radical (unpaired) electrons. The number of nitrogens with one attached hydrogen (secondary N) is 1. The molecule has 2 aromatic heterocycles. The van der Waals surface area contributed by atoms with E-state index in [0.717, 1.165) is 9.99 Å². The maximum Gasteiger partial charge on any atom is 0.199 e. The predicted octanol–water partition coefficient (Wildman–Crippen LogP) is 1.30. The van der Waals surface area contributed by atoms with E-state index in [1.54, 1.807) is 6.20 Å². The summed E-state index contributed by atoms with van der Waals surface area (Å²) < 4.78 is 0.900. The van der Waals surface area contributed by atoms with Crippen LogP contribution in [0.3, 0.4) is 0 Å². The van der Waals surface area contributed by atoms with Crippen molar-refractivity contribution >= 4 is 33.0 Å². The van der Waals surface area contributed by atoms with Crippen LogP contribution in [0.5, 0.6) is 0 Å². The molecule has 11 heavy (non-hydrogen) atoms. The fourth-order valence-electron chi connectivity index (χ4n) is 0.889. The van der Waals surface area contributed by atoms with Gasteiger partial charge in [-0.05, 0) is 22.0 Å². The Balaban J connectivity index is 2.82. The van der Waals surface area contributed by atoms with Gasteiger partial charge < -0.3 is 10.7 Å². The summed E-state index contributed by atoms with van der Waals surface area (Å²) in [7, 11) is 0. The Morgan fingerprint density at radius 2 is 2.36 bits per heavy atom. The fourth-order valence-corrected chi connectivity index (χ4v) is 1.21. The van der Waals surface area contributed by atoms with E-state index in [-0.39, 0.29) is 0 Å². The number of H-pyrrole nitrogens is 1. The minimum Gasteiger partial charge on any atom is -0.369 e. The van der Waals surface area contributed by atoms with Gasteiger partial charge in [-0.2, -0.15) is 0 Å². The summed E-state index contributed by atoms with van der Waals surface area (Å²) in [5, 5.41) is 0. The molecule has 0 bridgehead atoms. The second-order valence-electron chi connectivity index (χ2n) is 2.14. The molecule has 0 aliphatic heterocycles. The van der Waals surface area contributed by atoms with Gasteiger partial charge in [-0.1, -0.05) is 0 Å². The number of anilines is 1. The Bertz CT molecular complexity index is 394. The van der Waals surface area contributed by atoms with Gasteiger partial charge in [0.05, 0.1) is 0 Å². The number of nitrogens with two attached hydrogens (primary N) is 1. The second kappa shape index (κ2) is 2.20. The number of hydrogen-bond acceptors (Lipinski definition) is 3. The first-order valence-electron chi connectivity index (χ1n) is 3.02. The van der Waals surface area contributed by atoms with Crippen LogP contribution < -0.4 is 5.73 Å². The lowest BCUT2D eigenvalue weighted by Crippen LogP contribution is -1.84. The van der Waals surface area contributed by atoms with Crippen molar-refractivity contribution in [2.45, 2.75) is 0 Å². The molecule has 0 amide bonds. The van der Waals surface area contributed by atoms with Gasteiger partial charge in [0, 0.05) is 10.7 Å². The summed E-state index contributed by atoms with van der Waals surface area (Å²) >= 11 is 3.28. The van der Waals surface area contributed by atoms with Gasteiger partial charge in [-0.25, -0.2) is 9.97 Å². The quantitative estimate of drug-likeness (QED) is 0.692. The zero-order valence-corrected chi connectivity index (χ0v) is 7.09. The van der Waals surface area contributed by atoms with Crippen molar-refractivity contribution in [3.8, 4) is 0 Å². The minimum atomic E-state index is 0.394. The highest BCUT2D eigenvalue weighted by molar-refractivity contribution is 9.10. The van der Waals surface area contributed by atoms with Gasteiger partial charge in [0.25, 0.3) is 0 Å². The van der Waals surface area contributed by atoms with Crippen molar-refractivity contribution in [3.63, 3.8) is 0 Å². The van der Waals surface area contributed by atoms with Crippen molar-refractivity contribution in [1.82, 2.24) is 15.0 Å². The molecule has 56 valence electrons. The van der Waals surface area contributed by atoms with Gasteiger partial charge >= 0.3 is 0 Å². The summed E-state index contributed by atoms with van der Waals surface area (Å²) in [5.74, 6) is 0.394. The lowest BCUT2D eigenvalue weighted by atomic mass is 10.4. The van der Waals surface area contributed by atoms with Gasteiger partial charge in [0.15, 0.2) is 11.6 Å². The number of pyridine rings is 1. The first-order valence-corrected chi connectivity index (χ1v) is 3.82. The molecule has 4 nitrogen and oxygen atoms in total. The summed E-state index contributed by atoms with van der Waals surface area (Å²) in [6.07, 6.45) is 1.69. The highest BCUT2D eigenvalue weighted by Gasteiger charge is 1.99. The highest BCUT2D eigenvalue weighted by Crippen LogP contribution is 2.15. The average molecular weight is 213 g/mol. The van der Waals surface area contributed by atoms with Crippen LogP contribution in [0.25, 0.3) is 11.2 Å². The number of nitrogen functional groups attached to an aromatic ring is 1.